The minimum atomic E-state index is -0.553. The molecule has 1 aromatic carbocycles. The summed E-state index contributed by atoms with van der Waals surface area (Å²) >= 11 is 0. The third-order valence-electron chi connectivity index (χ3n) is 5.59. The van der Waals surface area contributed by atoms with Crippen LogP contribution in [0.3, 0.4) is 0 Å². The summed E-state index contributed by atoms with van der Waals surface area (Å²) in [5, 5.41) is 0. The van der Waals surface area contributed by atoms with Crippen molar-refractivity contribution in [2.24, 2.45) is 11.8 Å². The van der Waals surface area contributed by atoms with Gasteiger partial charge in [-0.15, -0.1) is 0 Å². The number of hydrogen-bond acceptors (Lipinski definition) is 3. The van der Waals surface area contributed by atoms with Crippen molar-refractivity contribution in [3.8, 4) is 0 Å². The average molecular weight is 349 g/mol. The Morgan fingerprint density at radius 3 is 2.31 bits per heavy atom. The van der Waals surface area contributed by atoms with Gasteiger partial charge < -0.3 is 0 Å². The van der Waals surface area contributed by atoms with Crippen molar-refractivity contribution in [3.05, 3.63) is 65.5 Å². The lowest BCUT2D eigenvalue weighted by molar-refractivity contribution is -0.134. The monoisotopic (exact) mass is 349 g/mol. The molecular formula is C23H27NO2. The van der Waals surface area contributed by atoms with E-state index in [9.17, 15) is 9.59 Å². The molecule has 26 heavy (non-hydrogen) atoms. The number of carbonyl (C=O) groups is 2. The zero-order chi connectivity index (χ0) is 18.5. The minimum Gasteiger partial charge on any atom is -0.299 e. The van der Waals surface area contributed by atoms with Gasteiger partial charge in [-0.1, -0.05) is 36.4 Å². The lowest BCUT2D eigenvalue weighted by Crippen LogP contribution is -2.32. The molecule has 3 rings (SSSR count). The minimum absolute atomic E-state index is 0.00803. The number of hydrogen-bond donors (Lipinski definition) is 0. The van der Waals surface area contributed by atoms with Crippen LogP contribution < -0.4 is 0 Å². The summed E-state index contributed by atoms with van der Waals surface area (Å²) in [5.41, 5.74) is 3.11. The Bertz CT molecular complexity index is 761. The Morgan fingerprint density at radius 1 is 1.00 bits per heavy atom. The molecule has 1 unspecified atom stereocenters. The first-order valence-corrected chi connectivity index (χ1v) is 9.56. The highest BCUT2D eigenvalue weighted by Crippen LogP contribution is 2.37. The molecule has 0 aliphatic heterocycles. The number of benzene rings is 1. The zero-order valence-corrected chi connectivity index (χ0v) is 15.7. The van der Waals surface area contributed by atoms with Crippen LogP contribution in [-0.2, 0) is 16.0 Å². The van der Waals surface area contributed by atoms with Crippen LogP contribution in [0.25, 0.3) is 0 Å². The van der Waals surface area contributed by atoms with Gasteiger partial charge in [-0.3, -0.25) is 14.6 Å². The maximum absolute atomic E-state index is 13.0. The molecule has 3 heteroatoms. The van der Waals surface area contributed by atoms with Crippen LogP contribution in [0, 0.1) is 18.8 Å². The van der Waals surface area contributed by atoms with Gasteiger partial charge in [0.1, 0.15) is 11.6 Å². The van der Waals surface area contributed by atoms with Crippen molar-refractivity contribution in [1.82, 2.24) is 4.98 Å². The molecule has 0 radical (unpaired) electrons. The molecule has 1 heterocycles. The van der Waals surface area contributed by atoms with Crippen molar-refractivity contribution in [2.45, 2.75) is 51.9 Å². The molecule has 1 fully saturated rings. The fourth-order valence-corrected chi connectivity index (χ4v) is 4.09. The smallest absolute Gasteiger partial charge is 0.146 e. The van der Waals surface area contributed by atoms with E-state index in [4.69, 9.17) is 0 Å². The number of nitrogens with zero attached hydrogens (tertiary/aromatic N) is 1. The summed E-state index contributed by atoms with van der Waals surface area (Å²) in [4.78, 5) is 29.6. The number of pyridine rings is 1. The predicted molar refractivity (Wildman–Crippen MR) is 103 cm³/mol. The van der Waals surface area contributed by atoms with E-state index < -0.39 is 5.92 Å². The topological polar surface area (TPSA) is 47.0 Å². The summed E-state index contributed by atoms with van der Waals surface area (Å²) in [5.74, 6) is 0.0709. The number of ketones is 2. The molecule has 1 aliphatic carbocycles. The number of aromatic nitrogens is 1. The predicted octanol–water partition coefficient (Wildman–Crippen LogP) is 4.68. The molecule has 2 aromatic rings. The summed E-state index contributed by atoms with van der Waals surface area (Å²) in [7, 11) is 0. The SMILES string of the molecule is CC(=O)C(Cc1cccc(C)n1)C(=O)[C@H]1CC[C@H](c2ccccc2)CC1. The Balaban J connectivity index is 1.64. The van der Waals surface area contributed by atoms with Crippen molar-refractivity contribution in [2.75, 3.05) is 0 Å². The van der Waals surface area contributed by atoms with Crippen molar-refractivity contribution in [3.63, 3.8) is 0 Å². The number of aryl methyl sites for hydroxylation is 1. The summed E-state index contributed by atoms with van der Waals surface area (Å²) in [6.07, 6.45) is 4.22. The first-order valence-electron chi connectivity index (χ1n) is 9.56. The van der Waals surface area contributed by atoms with E-state index in [1.54, 1.807) is 0 Å². The summed E-state index contributed by atoms with van der Waals surface area (Å²) in [6, 6.07) is 16.3. The molecule has 0 bridgehead atoms. The zero-order valence-electron chi connectivity index (χ0n) is 15.7. The Kier molecular flexibility index (Phi) is 5.97. The van der Waals surface area contributed by atoms with Crippen LogP contribution in [0.15, 0.2) is 48.5 Å². The van der Waals surface area contributed by atoms with Gasteiger partial charge in [-0.25, -0.2) is 0 Å². The largest absolute Gasteiger partial charge is 0.299 e. The second-order valence-corrected chi connectivity index (χ2v) is 7.50. The van der Waals surface area contributed by atoms with Gasteiger partial charge in [0, 0.05) is 23.7 Å². The highest BCUT2D eigenvalue weighted by Gasteiger charge is 2.33. The highest BCUT2D eigenvalue weighted by molar-refractivity contribution is 6.02. The number of rotatable bonds is 6. The van der Waals surface area contributed by atoms with E-state index in [1.807, 2.05) is 31.2 Å². The van der Waals surface area contributed by atoms with Crippen LogP contribution in [-0.4, -0.2) is 16.6 Å². The van der Waals surface area contributed by atoms with Gasteiger partial charge in [-0.05, 0) is 63.1 Å². The first-order chi connectivity index (χ1) is 12.5. The normalized spacial score (nSPS) is 21.2. The molecule has 1 atom stereocenters. The van der Waals surface area contributed by atoms with Crippen molar-refractivity contribution in [1.29, 1.82) is 0 Å². The van der Waals surface area contributed by atoms with Crippen LogP contribution in [0.1, 0.15) is 55.5 Å². The number of carbonyl (C=O) groups excluding carboxylic acids is 2. The van der Waals surface area contributed by atoms with E-state index in [-0.39, 0.29) is 17.5 Å². The third kappa shape index (κ3) is 4.46. The van der Waals surface area contributed by atoms with Gasteiger partial charge in [0.2, 0.25) is 0 Å². The molecule has 0 spiro atoms. The van der Waals surface area contributed by atoms with Crippen LogP contribution >= 0.6 is 0 Å². The van der Waals surface area contributed by atoms with Gasteiger partial charge >= 0.3 is 0 Å². The Labute approximate surface area is 155 Å². The summed E-state index contributed by atoms with van der Waals surface area (Å²) in [6.45, 7) is 3.47. The van der Waals surface area contributed by atoms with Crippen molar-refractivity contribution >= 4 is 11.6 Å². The molecule has 136 valence electrons. The van der Waals surface area contributed by atoms with E-state index in [0.29, 0.717) is 12.3 Å². The highest BCUT2D eigenvalue weighted by atomic mass is 16.1. The Hall–Kier alpha value is -2.29. The molecular weight excluding hydrogens is 322 g/mol. The van der Waals surface area contributed by atoms with Crippen LogP contribution in [0.4, 0.5) is 0 Å². The van der Waals surface area contributed by atoms with Crippen LogP contribution in [0.5, 0.6) is 0 Å². The molecule has 3 nitrogen and oxygen atoms in total. The number of Topliss-reactive ketones (excluding diaryl/α,β-unsaturated/α-hetero) is 2. The molecule has 0 amide bonds. The third-order valence-corrected chi connectivity index (χ3v) is 5.59. The standard InChI is InChI=1S/C23H27NO2/c1-16-7-6-10-21(24-16)15-22(17(2)25)23(26)20-13-11-19(12-14-20)18-8-4-3-5-9-18/h3-10,19-20,22H,11-15H2,1-2H3/t19-,20-,22?. The second-order valence-electron chi connectivity index (χ2n) is 7.50. The fraction of sp³-hybridized carbons (Fsp3) is 0.435. The van der Waals surface area contributed by atoms with Crippen molar-refractivity contribution < 1.29 is 9.59 Å². The van der Waals surface area contributed by atoms with E-state index in [1.165, 1.54) is 12.5 Å². The van der Waals surface area contributed by atoms with E-state index in [2.05, 4.69) is 29.2 Å². The first kappa shape index (κ1) is 18.5. The maximum atomic E-state index is 13.0. The van der Waals surface area contributed by atoms with Gasteiger partial charge in [-0.2, -0.15) is 0 Å². The maximum Gasteiger partial charge on any atom is 0.146 e. The average Bonchev–Trinajstić information content (AvgIpc) is 2.66. The molecule has 1 saturated carbocycles. The molecule has 0 saturated heterocycles. The van der Waals surface area contributed by atoms with Gasteiger partial charge in [0.25, 0.3) is 0 Å². The van der Waals surface area contributed by atoms with Gasteiger partial charge in [0.05, 0.1) is 5.92 Å². The molecule has 1 aliphatic rings. The van der Waals surface area contributed by atoms with Gasteiger partial charge in [0.15, 0.2) is 0 Å². The second kappa shape index (κ2) is 8.39. The lowest BCUT2D eigenvalue weighted by atomic mass is 9.74. The molecule has 1 aromatic heterocycles. The Morgan fingerprint density at radius 2 is 1.69 bits per heavy atom. The van der Waals surface area contributed by atoms with Crippen LogP contribution in [0.2, 0.25) is 0 Å². The lowest BCUT2D eigenvalue weighted by Gasteiger charge is -2.29. The van der Waals surface area contributed by atoms with E-state index >= 15 is 0 Å². The summed E-state index contributed by atoms with van der Waals surface area (Å²) < 4.78 is 0. The quantitative estimate of drug-likeness (QED) is 0.711. The fourth-order valence-electron chi connectivity index (χ4n) is 4.09. The molecule has 0 N–H and O–H groups in total. The van der Waals surface area contributed by atoms with E-state index in [0.717, 1.165) is 37.1 Å².